The molecule has 0 spiro atoms. The van der Waals surface area contributed by atoms with Gasteiger partial charge >= 0.3 is 0 Å². The highest BCUT2D eigenvalue weighted by atomic mass is 79.9. The molecule has 0 N–H and O–H groups in total. The van der Waals surface area contributed by atoms with Crippen LogP contribution in [0.25, 0.3) is 11.4 Å². The van der Waals surface area contributed by atoms with E-state index in [-0.39, 0.29) is 0 Å². The predicted molar refractivity (Wildman–Crippen MR) is 76.1 cm³/mol. The smallest absolute Gasteiger partial charge is 0.165 e. The first-order valence-corrected chi connectivity index (χ1v) is 7.47. The van der Waals surface area contributed by atoms with Crippen molar-refractivity contribution < 1.29 is 0 Å². The van der Waals surface area contributed by atoms with Gasteiger partial charge in [0.25, 0.3) is 0 Å². The van der Waals surface area contributed by atoms with E-state index in [1.165, 1.54) is 12.8 Å². The first-order chi connectivity index (χ1) is 8.70. The van der Waals surface area contributed by atoms with E-state index in [4.69, 9.17) is 11.6 Å². The summed E-state index contributed by atoms with van der Waals surface area (Å²) in [7, 11) is 0. The minimum atomic E-state index is 0.542. The number of benzene rings is 1. The lowest BCUT2D eigenvalue weighted by Crippen LogP contribution is -2.02. The van der Waals surface area contributed by atoms with Gasteiger partial charge in [0.2, 0.25) is 0 Å². The van der Waals surface area contributed by atoms with Crippen LogP contribution in [0.15, 0.2) is 18.2 Å². The fourth-order valence-corrected chi connectivity index (χ4v) is 2.82. The van der Waals surface area contributed by atoms with Gasteiger partial charge in [-0.25, -0.2) is 0 Å². The van der Waals surface area contributed by atoms with E-state index in [2.05, 4.69) is 36.8 Å². The fourth-order valence-electron chi connectivity index (χ4n) is 2.12. The van der Waals surface area contributed by atoms with Gasteiger partial charge < -0.3 is 4.57 Å². The summed E-state index contributed by atoms with van der Waals surface area (Å²) in [6.45, 7) is 2.03. The van der Waals surface area contributed by atoms with Gasteiger partial charge in [0.15, 0.2) is 5.82 Å². The summed E-state index contributed by atoms with van der Waals surface area (Å²) < 4.78 is 2.21. The number of rotatable bonds is 3. The Bertz CT molecular complexity index is 590. The van der Waals surface area contributed by atoms with E-state index in [1.54, 1.807) is 0 Å². The minimum absolute atomic E-state index is 0.542. The average Bonchev–Trinajstić information content (AvgIpc) is 3.09. The molecule has 94 valence electrons. The summed E-state index contributed by atoms with van der Waals surface area (Å²) in [5.74, 6) is 1.86. The van der Waals surface area contributed by atoms with Crippen LogP contribution in [0.5, 0.6) is 0 Å². The quantitative estimate of drug-likeness (QED) is 0.794. The lowest BCUT2D eigenvalue weighted by molar-refractivity contribution is 0.714. The number of hydrogen-bond donors (Lipinski definition) is 0. The standard InChI is InChI=1S/C13H13BrClN3/c1-8-2-5-10(11(15)6-8)13-17-16-12(7-14)18(13)9-3-4-9/h2,5-6,9H,3-4,7H2,1H3. The summed E-state index contributed by atoms with van der Waals surface area (Å²) in [5, 5.41) is 10.0. The third-order valence-corrected chi connectivity index (χ3v) is 3.98. The molecule has 1 heterocycles. The van der Waals surface area contributed by atoms with Crippen LogP contribution in [-0.2, 0) is 5.33 Å². The SMILES string of the molecule is Cc1ccc(-c2nnc(CBr)n2C2CC2)c(Cl)c1. The normalized spacial score (nSPS) is 15.1. The Morgan fingerprint density at radius 2 is 2.17 bits per heavy atom. The molecule has 3 nitrogen and oxygen atoms in total. The molecule has 0 bridgehead atoms. The van der Waals surface area contributed by atoms with Crippen molar-refractivity contribution in [2.75, 3.05) is 0 Å². The summed E-state index contributed by atoms with van der Waals surface area (Å²) in [6, 6.07) is 6.59. The van der Waals surface area contributed by atoms with E-state index < -0.39 is 0 Å². The molecular weight excluding hydrogens is 314 g/mol. The Labute approximate surface area is 119 Å². The second kappa shape index (κ2) is 4.67. The molecule has 0 amide bonds. The molecule has 1 aromatic heterocycles. The third-order valence-electron chi connectivity index (χ3n) is 3.16. The molecular formula is C13H13BrClN3. The van der Waals surface area contributed by atoms with E-state index in [0.717, 1.165) is 33.1 Å². The molecule has 1 aliphatic carbocycles. The molecule has 1 saturated carbocycles. The molecule has 2 aromatic rings. The Kier molecular flexibility index (Phi) is 3.16. The highest BCUT2D eigenvalue weighted by molar-refractivity contribution is 9.08. The van der Waals surface area contributed by atoms with Gasteiger partial charge in [0.05, 0.1) is 10.4 Å². The molecule has 0 aliphatic heterocycles. The van der Waals surface area contributed by atoms with Crippen LogP contribution in [0.4, 0.5) is 0 Å². The Morgan fingerprint density at radius 3 is 2.78 bits per heavy atom. The van der Waals surface area contributed by atoms with Crippen molar-refractivity contribution in [3.8, 4) is 11.4 Å². The highest BCUT2D eigenvalue weighted by Crippen LogP contribution is 2.40. The number of aryl methyl sites for hydroxylation is 1. The van der Waals surface area contributed by atoms with Gasteiger partial charge in [-0.2, -0.15) is 0 Å². The van der Waals surface area contributed by atoms with Crippen LogP contribution in [0.1, 0.15) is 30.3 Å². The minimum Gasteiger partial charge on any atom is -0.307 e. The monoisotopic (exact) mass is 325 g/mol. The van der Waals surface area contributed by atoms with Gasteiger partial charge in [-0.1, -0.05) is 33.6 Å². The Hall–Kier alpha value is -0.870. The van der Waals surface area contributed by atoms with Gasteiger partial charge in [-0.05, 0) is 37.5 Å². The molecule has 1 aliphatic rings. The fraction of sp³-hybridized carbons (Fsp3) is 0.385. The van der Waals surface area contributed by atoms with Crippen LogP contribution in [0.3, 0.4) is 0 Å². The molecule has 0 unspecified atom stereocenters. The lowest BCUT2D eigenvalue weighted by Gasteiger charge is -2.09. The molecule has 0 radical (unpaired) electrons. The van der Waals surface area contributed by atoms with E-state index in [1.807, 2.05) is 19.1 Å². The van der Waals surface area contributed by atoms with Crippen molar-refractivity contribution in [1.82, 2.24) is 14.8 Å². The number of aromatic nitrogens is 3. The van der Waals surface area contributed by atoms with Crippen LogP contribution < -0.4 is 0 Å². The summed E-state index contributed by atoms with van der Waals surface area (Å²) in [6.07, 6.45) is 2.41. The number of nitrogens with zero attached hydrogens (tertiary/aromatic N) is 3. The van der Waals surface area contributed by atoms with Crippen LogP contribution in [0.2, 0.25) is 5.02 Å². The van der Waals surface area contributed by atoms with Crippen molar-refractivity contribution in [3.63, 3.8) is 0 Å². The van der Waals surface area contributed by atoms with E-state index in [0.29, 0.717) is 6.04 Å². The first-order valence-electron chi connectivity index (χ1n) is 5.97. The van der Waals surface area contributed by atoms with E-state index >= 15 is 0 Å². The summed E-state index contributed by atoms with van der Waals surface area (Å²) in [4.78, 5) is 0. The van der Waals surface area contributed by atoms with Crippen molar-refractivity contribution in [3.05, 3.63) is 34.6 Å². The second-order valence-corrected chi connectivity index (χ2v) is 5.63. The number of halogens is 2. The van der Waals surface area contributed by atoms with Gasteiger partial charge in [-0.15, -0.1) is 10.2 Å². The molecule has 1 fully saturated rings. The molecule has 0 saturated heterocycles. The van der Waals surface area contributed by atoms with Crippen molar-refractivity contribution in [2.24, 2.45) is 0 Å². The predicted octanol–water partition coefficient (Wildman–Crippen LogP) is 4.14. The number of alkyl halides is 1. The zero-order chi connectivity index (χ0) is 12.7. The van der Waals surface area contributed by atoms with Crippen molar-refractivity contribution in [2.45, 2.75) is 31.1 Å². The second-order valence-electron chi connectivity index (χ2n) is 4.66. The van der Waals surface area contributed by atoms with Crippen LogP contribution >= 0.6 is 27.5 Å². The molecule has 1 aromatic carbocycles. The topological polar surface area (TPSA) is 30.7 Å². The van der Waals surface area contributed by atoms with E-state index in [9.17, 15) is 0 Å². The molecule has 3 rings (SSSR count). The average molecular weight is 327 g/mol. The zero-order valence-electron chi connectivity index (χ0n) is 10.0. The van der Waals surface area contributed by atoms with Crippen molar-refractivity contribution in [1.29, 1.82) is 0 Å². The van der Waals surface area contributed by atoms with Gasteiger partial charge in [0.1, 0.15) is 5.82 Å². The maximum atomic E-state index is 6.32. The Balaban J connectivity index is 2.13. The third kappa shape index (κ3) is 2.08. The summed E-state index contributed by atoms with van der Waals surface area (Å²) >= 11 is 9.78. The largest absolute Gasteiger partial charge is 0.307 e. The first kappa shape index (κ1) is 12.2. The lowest BCUT2D eigenvalue weighted by atomic mass is 10.1. The maximum Gasteiger partial charge on any atom is 0.165 e. The highest BCUT2D eigenvalue weighted by Gasteiger charge is 2.30. The van der Waals surface area contributed by atoms with Crippen LogP contribution in [-0.4, -0.2) is 14.8 Å². The Morgan fingerprint density at radius 1 is 1.39 bits per heavy atom. The van der Waals surface area contributed by atoms with Crippen LogP contribution in [0, 0.1) is 6.92 Å². The maximum absolute atomic E-state index is 6.32. The molecule has 0 atom stereocenters. The number of hydrogen-bond acceptors (Lipinski definition) is 2. The molecule has 18 heavy (non-hydrogen) atoms. The molecule has 5 heteroatoms. The summed E-state index contributed by atoms with van der Waals surface area (Å²) in [5.41, 5.74) is 2.12. The van der Waals surface area contributed by atoms with Crippen molar-refractivity contribution >= 4 is 27.5 Å². The van der Waals surface area contributed by atoms with Gasteiger partial charge in [0, 0.05) is 11.6 Å². The zero-order valence-corrected chi connectivity index (χ0v) is 12.4. The van der Waals surface area contributed by atoms with Gasteiger partial charge in [-0.3, -0.25) is 0 Å².